The van der Waals surface area contributed by atoms with Gasteiger partial charge in [-0.1, -0.05) is 34.1 Å². The first-order valence-electron chi connectivity index (χ1n) is 6.22. The van der Waals surface area contributed by atoms with Crippen molar-refractivity contribution < 1.29 is 4.74 Å². The molecule has 0 spiro atoms. The molecule has 3 heteroatoms. The van der Waals surface area contributed by atoms with Crippen LogP contribution in [0.15, 0.2) is 34.8 Å². The van der Waals surface area contributed by atoms with E-state index in [4.69, 9.17) is 10.5 Å². The van der Waals surface area contributed by atoms with Crippen LogP contribution >= 0.6 is 15.9 Å². The summed E-state index contributed by atoms with van der Waals surface area (Å²) in [5.74, 6) is 0.960. The predicted molar refractivity (Wildman–Crippen MR) is 83.5 cm³/mol. The highest BCUT2D eigenvalue weighted by Crippen LogP contribution is 2.27. The highest BCUT2D eigenvalue weighted by Gasteiger charge is 2.08. The van der Waals surface area contributed by atoms with Crippen molar-refractivity contribution in [3.63, 3.8) is 0 Å². The lowest BCUT2D eigenvalue weighted by molar-refractivity contribution is 0.302. The Bertz CT molecular complexity index is 608. The molecule has 0 fully saturated rings. The van der Waals surface area contributed by atoms with Gasteiger partial charge in [0.1, 0.15) is 12.4 Å². The molecule has 19 heavy (non-hydrogen) atoms. The summed E-state index contributed by atoms with van der Waals surface area (Å²) in [6, 6.07) is 10.1. The Kier molecular flexibility index (Phi) is 4.15. The molecule has 0 saturated heterocycles. The molecule has 0 aliphatic rings. The fourth-order valence-electron chi connectivity index (χ4n) is 1.99. The molecule has 0 aliphatic heterocycles. The molecule has 0 amide bonds. The Morgan fingerprint density at radius 3 is 2.42 bits per heavy atom. The van der Waals surface area contributed by atoms with Crippen molar-refractivity contribution in [3.05, 3.63) is 57.1 Å². The van der Waals surface area contributed by atoms with E-state index >= 15 is 0 Å². The molecule has 2 aromatic rings. The fourth-order valence-corrected chi connectivity index (χ4v) is 2.37. The molecule has 0 unspecified atom stereocenters. The standard InChI is InChI=1S/C16H18BrNO/c1-10-4-5-11(2)16(12(10)3)19-9-13-6-7-14(17)8-15(13)18/h4-8H,9,18H2,1-3H3. The van der Waals surface area contributed by atoms with Crippen molar-refractivity contribution in [1.29, 1.82) is 0 Å². The molecule has 0 bridgehead atoms. The molecule has 2 aromatic carbocycles. The zero-order valence-electron chi connectivity index (χ0n) is 11.5. The molecule has 0 aliphatic carbocycles. The molecule has 2 N–H and O–H groups in total. The van der Waals surface area contributed by atoms with Gasteiger partial charge in [-0.15, -0.1) is 0 Å². The van der Waals surface area contributed by atoms with E-state index in [1.54, 1.807) is 0 Å². The summed E-state index contributed by atoms with van der Waals surface area (Å²) in [7, 11) is 0. The number of aryl methyl sites for hydroxylation is 2. The Balaban J connectivity index is 2.21. The van der Waals surface area contributed by atoms with Crippen molar-refractivity contribution in [2.75, 3.05) is 5.73 Å². The van der Waals surface area contributed by atoms with Gasteiger partial charge in [0.2, 0.25) is 0 Å². The van der Waals surface area contributed by atoms with Crippen LogP contribution in [0.25, 0.3) is 0 Å². The topological polar surface area (TPSA) is 35.2 Å². The summed E-state index contributed by atoms with van der Waals surface area (Å²) in [5.41, 5.74) is 11.3. The predicted octanol–water partition coefficient (Wildman–Crippen LogP) is 4.54. The summed E-state index contributed by atoms with van der Waals surface area (Å²) in [6.07, 6.45) is 0. The highest BCUT2D eigenvalue weighted by atomic mass is 79.9. The first-order chi connectivity index (χ1) is 8.99. The first-order valence-corrected chi connectivity index (χ1v) is 7.02. The normalized spacial score (nSPS) is 10.5. The van der Waals surface area contributed by atoms with Crippen LogP contribution in [0.1, 0.15) is 22.3 Å². The lowest BCUT2D eigenvalue weighted by Crippen LogP contribution is -2.03. The smallest absolute Gasteiger partial charge is 0.125 e. The minimum absolute atomic E-state index is 0.490. The third kappa shape index (κ3) is 3.10. The second kappa shape index (κ2) is 5.66. The van der Waals surface area contributed by atoms with Crippen LogP contribution in [-0.4, -0.2) is 0 Å². The summed E-state index contributed by atoms with van der Waals surface area (Å²) >= 11 is 3.40. The van der Waals surface area contributed by atoms with Crippen molar-refractivity contribution in [1.82, 2.24) is 0 Å². The molecule has 0 aromatic heterocycles. The van der Waals surface area contributed by atoms with Gasteiger partial charge in [0, 0.05) is 15.7 Å². The highest BCUT2D eigenvalue weighted by molar-refractivity contribution is 9.10. The third-order valence-electron chi connectivity index (χ3n) is 3.35. The Morgan fingerprint density at radius 2 is 1.74 bits per heavy atom. The largest absolute Gasteiger partial charge is 0.488 e. The quantitative estimate of drug-likeness (QED) is 0.843. The van der Waals surface area contributed by atoms with Crippen LogP contribution in [0.5, 0.6) is 5.75 Å². The van der Waals surface area contributed by atoms with Gasteiger partial charge in [0.05, 0.1) is 0 Å². The van der Waals surface area contributed by atoms with E-state index in [1.807, 2.05) is 18.2 Å². The molecule has 100 valence electrons. The average molecular weight is 320 g/mol. The van der Waals surface area contributed by atoms with Crippen LogP contribution in [0, 0.1) is 20.8 Å². The van der Waals surface area contributed by atoms with E-state index in [9.17, 15) is 0 Å². The van der Waals surface area contributed by atoms with Crippen molar-refractivity contribution >= 4 is 21.6 Å². The van der Waals surface area contributed by atoms with Gasteiger partial charge in [-0.3, -0.25) is 0 Å². The minimum atomic E-state index is 0.490. The van der Waals surface area contributed by atoms with Crippen molar-refractivity contribution in [3.8, 4) is 5.75 Å². The molecular weight excluding hydrogens is 302 g/mol. The van der Waals surface area contributed by atoms with E-state index in [2.05, 4.69) is 48.8 Å². The van der Waals surface area contributed by atoms with Gasteiger partial charge in [0.25, 0.3) is 0 Å². The van der Waals surface area contributed by atoms with Gasteiger partial charge in [-0.2, -0.15) is 0 Å². The van der Waals surface area contributed by atoms with Crippen molar-refractivity contribution in [2.45, 2.75) is 27.4 Å². The van der Waals surface area contributed by atoms with Gasteiger partial charge in [-0.05, 0) is 49.6 Å². The molecule has 2 nitrogen and oxygen atoms in total. The maximum atomic E-state index is 5.98. The molecule has 0 saturated carbocycles. The van der Waals surface area contributed by atoms with E-state index in [-0.39, 0.29) is 0 Å². The number of hydrogen-bond acceptors (Lipinski definition) is 2. The Labute approximate surface area is 122 Å². The number of halogens is 1. The number of rotatable bonds is 3. The number of ether oxygens (including phenoxy) is 1. The molecule has 2 rings (SSSR count). The molecule has 0 atom stereocenters. The van der Waals surface area contributed by atoms with Crippen LogP contribution in [0.3, 0.4) is 0 Å². The van der Waals surface area contributed by atoms with Gasteiger partial charge in [-0.25, -0.2) is 0 Å². The van der Waals surface area contributed by atoms with E-state index < -0.39 is 0 Å². The summed E-state index contributed by atoms with van der Waals surface area (Å²) < 4.78 is 6.94. The maximum absolute atomic E-state index is 5.98. The fraction of sp³-hybridized carbons (Fsp3) is 0.250. The van der Waals surface area contributed by atoms with E-state index in [0.717, 1.165) is 27.0 Å². The third-order valence-corrected chi connectivity index (χ3v) is 3.85. The second-order valence-corrected chi connectivity index (χ2v) is 5.70. The van der Waals surface area contributed by atoms with Gasteiger partial charge in [0.15, 0.2) is 0 Å². The maximum Gasteiger partial charge on any atom is 0.125 e. The number of nitrogen functional groups attached to an aromatic ring is 1. The lowest BCUT2D eigenvalue weighted by atomic mass is 10.1. The minimum Gasteiger partial charge on any atom is -0.488 e. The van der Waals surface area contributed by atoms with Crippen LogP contribution in [0.4, 0.5) is 5.69 Å². The van der Waals surface area contributed by atoms with E-state index in [0.29, 0.717) is 6.61 Å². The zero-order valence-corrected chi connectivity index (χ0v) is 13.0. The Morgan fingerprint density at radius 1 is 1.05 bits per heavy atom. The number of nitrogens with two attached hydrogens (primary N) is 1. The average Bonchev–Trinajstić information content (AvgIpc) is 2.36. The number of anilines is 1. The summed E-state index contributed by atoms with van der Waals surface area (Å²) in [5, 5.41) is 0. The van der Waals surface area contributed by atoms with Gasteiger partial charge < -0.3 is 10.5 Å². The molecule has 0 radical (unpaired) electrons. The SMILES string of the molecule is Cc1ccc(C)c(OCc2ccc(Br)cc2N)c1C. The molecule has 0 heterocycles. The Hall–Kier alpha value is -1.48. The number of hydrogen-bond donors (Lipinski definition) is 1. The zero-order chi connectivity index (χ0) is 14.0. The second-order valence-electron chi connectivity index (χ2n) is 4.79. The molecular formula is C16H18BrNO. The first kappa shape index (κ1) is 13.9. The van der Waals surface area contributed by atoms with E-state index in [1.165, 1.54) is 11.1 Å². The van der Waals surface area contributed by atoms with Crippen molar-refractivity contribution in [2.24, 2.45) is 0 Å². The van der Waals surface area contributed by atoms with Crippen LogP contribution in [-0.2, 0) is 6.61 Å². The van der Waals surface area contributed by atoms with Crippen LogP contribution in [0.2, 0.25) is 0 Å². The summed E-state index contributed by atoms with van der Waals surface area (Å²) in [6.45, 7) is 6.73. The summed E-state index contributed by atoms with van der Waals surface area (Å²) in [4.78, 5) is 0. The number of benzene rings is 2. The lowest BCUT2D eigenvalue weighted by Gasteiger charge is -2.15. The van der Waals surface area contributed by atoms with Crippen LogP contribution < -0.4 is 10.5 Å². The van der Waals surface area contributed by atoms with Gasteiger partial charge >= 0.3 is 0 Å². The monoisotopic (exact) mass is 319 g/mol.